The maximum atomic E-state index is 12.2. The molecule has 144 valence electrons. The molecule has 1 heterocycles. The molecule has 0 aliphatic heterocycles. The fourth-order valence-electron chi connectivity index (χ4n) is 3.07. The molecule has 0 unspecified atom stereocenters. The molecule has 5 nitrogen and oxygen atoms in total. The van der Waals surface area contributed by atoms with Crippen molar-refractivity contribution in [3.8, 4) is 11.5 Å². The Hall–Kier alpha value is -3.73. The van der Waals surface area contributed by atoms with Gasteiger partial charge < -0.3 is 9.73 Å². The lowest BCUT2D eigenvalue weighted by Gasteiger charge is -2.07. The van der Waals surface area contributed by atoms with Crippen LogP contribution in [0, 0.1) is 6.92 Å². The van der Waals surface area contributed by atoms with Crippen LogP contribution in [0.5, 0.6) is 0 Å². The monoisotopic (exact) mass is 384 g/mol. The van der Waals surface area contributed by atoms with Gasteiger partial charge in [0.15, 0.2) is 0 Å². The van der Waals surface area contributed by atoms with Gasteiger partial charge in [0.1, 0.15) is 0 Å². The van der Waals surface area contributed by atoms with Gasteiger partial charge in [-0.1, -0.05) is 42.0 Å². The van der Waals surface area contributed by atoms with E-state index >= 15 is 0 Å². The molecule has 5 heteroatoms. The fraction of sp³-hybridized carbons (Fsp3) is 0.125. The number of nitrogens with one attached hydrogen (secondary N) is 1. The van der Waals surface area contributed by atoms with Gasteiger partial charge >= 0.3 is 5.63 Å². The maximum Gasteiger partial charge on any atom is 0.347 e. The van der Waals surface area contributed by atoms with Crippen LogP contribution >= 0.6 is 0 Å². The average Bonchev–Trinajstić information content (AvgIpc) is 2.74. The lowest BCUT2D eigenvalue weighted by molar-refractivity contribution is -0.116. The normalized spacial score (nSPS) is 10.8. The summed E-state index contributed by atoms with van der Waals surface area (Å²) in [6.45, 7) is 2.04. The van der Waals surface area contributed by atoms with Gasteiger partial charge in [-0.25, -0.2) is 9.78 Å². The van der Waals surface area contributed by atoms with Gasteiger partial charge in [0, 0.05) is 17.7 Å². The molecule has 0 aliphatic carbocycles. The first kappa shape index (κ1) is 18.6. The number of benzene rings is 3. The Bertz CT molecular complexity index is 1210. The van der Waals surface area contributed by atoms with Crippen LogP contribution in [-0.2, 0) is 11.2 Å². The average molecular weight is 384 g/mol. The Kier molecular flexibility index (Phi) is 5.20. The number of fused-ring (bicyclic) bond motifs is 1. The van der Waals surface area contributed by atoms with E-state index in [4.69, 9.17) is 4.42 Å². The minimum Gasteiger partial charge on any atom is -0.403 e. The Morgan fingerprint density at radius 2 is 1.69 bits per heavy atom. The lowest BCUT2D eigenvalue weighted by Crippen LogP contribution is -2.12. The van der Waals surface area contributed by atoms with E-state index < -0.39 is 5.63 Å². The van der Waals surface area contributed by atoms with E-state index in [1.165, 1.54) is 5.56 Å². The third-order valence-corrected chi connectivity index (χ3v) is 4.71. The van der Waals surface area contributed by atoms with Crippen molar-refractivity contribution in [2.75, 3.05) is 5.32 Å². The maximum absolute atomic E-state index is 12.2. The zero-order valence-corrected chi connectivity index (χ0v) is 16.0. The van der Waals surface area contributed by atoms with Crippen molar-refractivity contribution in [2.24, 2.45) is 0 Å². The van der Waals surface area contributed by atoms with Crippen molar-refractivity contribution in [3.63, 3.8) is 0 Å². The molecule has 1 N–H and O–H groups in total. The van der Waals surface area contributed by atoms with Gasteiger partial charge in [0.05, 0.1) is 10.9 Å². The summed E-state index contributed by atoms with van der Waals surface area (Å²) in [7, 11) is 0. The number of rotatable bonds is 5. The minimum absolute atomic E-state index is 0.0475. The highest BCUT2D eigenvalue weighted by molar-refractivity contribution is 5.91. The lowest BCUT2D eigenvalue weighted by atomic mass is 10.1. The summed E-state index contributed by atoms with van der Waals surface area (Å²) in [4.78, 5) is 28.8. The van der Waals surface area contributed by atoms with Crippen molar-refractivity contribution < 1.29 is 9.21 Å². The largest absolute Gasteiger partial charge is 0.403 e. The second kappa shape index (κ2) is 8.10. The predicted octanol–water partition coefficient (Wildman–Crippen LogP) is 4.73. The first-order valence-electron chi connectivity index (χ1n) is 9.44. The topological polar surface area (TPSA) is 72.2 Å². The number of nitrogens with zero attached hydrogens (tertiary/aromatic N) is 1. The Morgan fingerprint density at radius 3 is 2.45 bits per heavy atom. The van der Waals surface area contributed by atoms with Gasteiger partial charge in [-0.2, -0.15) is 0 Å². The number of anilines is 1. The smallest absolute Gasteiger partial charge is 0.347 e. The molecule has 0 fully saturated rings. The van der Waals surface area contributed by atoms with Gasteiger partial charge in [0.25, 0.3) is 0 Å². The molecular formula is C24H20N2O3. The van der Waals surface area contributed by atoms with Crippen LogP contribution in [0.1, 0.15) is 17.5 Å². The Balaban J connectivity index is 1.43. The molecule has 0 spiro atoms. The van der Waals surface area contributed by atoms with Gasteiger partial charge in [0.2, 0.25) is 11.8 Å². The predicted molar refractivity (Wildman–Crippen MR) is 114 cm³/mol. The number of amides is 1. The van der Waals surface area contributed by atoms with Crippen molar-refractivity contribution >= 4 is 22.5 Å². The van der Waals surface area contributed by atoms with Crippen LogP contribution in [-0.4, -0.2) is 10.9 Å². The summed E-state index contributed by atoms with van der Waals surface area (Å²) in [6, 6.07) is 22.3. The molecule has 1 amide bonds. The second-order valence-corrected chi connectivity index (χ2v) is 6.93. The van der Waals surface area contributed by atoms with Crippen LogP contribution in [0.2, 0.25) is 0 Å². The SMILES string of the molecule is Cc1ccc(CCC(=O)Nc2ccc(-c3nc4ccccc4c(=O)o3)cc2)cc1. The van der Waals surface area contributed by atoms with E-state index in [1.807, 2.05) is 37.3 Å². The van der Waals surface area contributed by atoms with Gasteiger partial charge in [-0.05, 0) is 55.3 Å². The first-order valence-corrected chi connectivity index (χ1v) is 9.44. The van der Waals surface area contributed by atoms with Crippen LogP contribution in [0.25, 0.3) is 22.4 Å². The van der Waals surface area contributed by atoms with E-state index in [-0.39, 0.29) is 11.8 Å². The summed E-state index contributed by atoms with van der Waals surface area (Å²) < 4.78 is 5.34. The van der Waals surface area contributed by atoms with E-state index in [2.05, 4.69) is 10.3 Å². The summed E-state index contributed by atoms with van der Waals surface area (Å²) in [5.41, 5.74) is 3.87. The zero-order chi connectivity index (χ0) is 20.2. The molecule has 1 aromatic heterocycles. The van der Waals surface area contributed by atoms with E-state index in [0.29, 0.717) is 35.0 Å². The summed E-state index contributed by atoms with van der Waals surface area (Å²) in [5.74, 6) is 0.208. The molecule has 0 saturated carbocycles. The molecule has 3 aromatic carbocycles. The molecule has 0 aliphatic rings. The van der Waals surface area contributed by atoms with E-state index in [0.717, 1.165) is 5.56 Å². The molecule has 0 saturated heterocycles. The zero-order valence-electron chi connectivity index (χ0n) is 16.0. The molecule has 4 rings (SSSR count). The van der Waals surface area contributed by atoms with E-state index in [1.54, 1.807) is 42.5 Å². The molecule has 0 bridgehead atoms. The van der Waals surface area contributed by atoms with Crippen molar-refractivity contribution in [1.29, 1.82) is 0 Å². The number of hydrogen-bond acceptors (Lipinski definition) is 4. The minimum atomic E-state index is -0.418. The molecule has 4 aromatic rings. The highest BCUT2D eigenvalue weighted by atomic mass is 16.4. The Labute approximate surface area is 168 Å². The molecule has 29 heavy (non-hydrogen) atoms. The number of aromatic nitrogens is 1. The number of aryl methyl sites for hydroxylation is 2. The number of carbonyl (C=O) groups is 1. The standard InChI is InChI=1S/C24H20N2O3/c1-16-6-8-17(9-7-16)10-15-22(27)25-19-13-11-18(12-14-19)23-26-21-5-3-2-4-20(21)24(28)29-23/h2-9,11-14H,10,15H2,1H3,(H,25,27). The van der Waals surface area contributed by atoms with Gasteiger partial charge in [-0.15, -0.1) is 0 Å². The fourth-order valence-corrected chi connectivity index (χ4v) is 3.07. The van der Waals surface area contributed by atoms with Crippen molar-refractivity contribution in [2.45, 2.75) is 19.8 Å². The van der Waals surface area contributed by atoms with E-state index in [9.17, 15) is 9.59 Å². The second-order valence-electron chi connectivity index (χ2n) is 6.93. The summed E-state index contributed by atoms with van der Waals surface area (Å²) in [5, 5.41) is 3.34. The molecular weight excluding hydrogens is 364 g/mol. The number of para-hydroxylation sites is 1. The highest BCUT2D eigenvalue weighted by Gasteiger charge is 2.09. The third-order valence-electron chi connectivity index (χ3n) is 4.71. The van der Waals surface area contributed by atoms with Crippen LogP contribution in [0.3, 0.4) is 0 Å². The molecule has 0 atom stereocenters. The van der Waals surface area contributed by atoms with Crippen molar-refractivity contribution in [3.05, 3.63) is 94.3 Å². The quantitative estimate of drug-likeness (QED) is 0.540. The Morgan fingerprint density at radius 1 is 0.966 bits per heavy atom. The number of carbonyl (C=O) groups excluding carboxylic acids is 1. The summed E-state index contributed by atoms with van der Waals surface area (Å²) in [6.07, 6.45) is 1.10. The first-order chi connectivity index (χ1) is 14.1. The number of hydrogen-bond donors (Lipinski definition) is 1. The van der Waals surface area contributed by atoms with Crippen LogP contribution in [0.4, 0.5) is 5.69 Å². The van der Waals surface area contributed by atoms with Crippen LogP contribution in [0.15, 0.2) is 82.0 Å². The summed E-state index contributed by atoms with van der Waals surface area (Å²) >= 11 is 0. The highest BCUT2D eigenvalue weighted by Crippen LogP contribution is 2.21. The van der Waals surface area contributed by atoms with Crippen molar-refractivity contribution in [1.82, 2.24) is 4.98 Å². The molecule has 0 radical (unpaired) electrons. The third kappa shape index (κ3) is 4.41. The van der Waals surface area contributed by atoms with Gasteiger partial charge in [-0.3, -0.25) is 4.79 Å². The van der Waals surface area contributed by atoms with Crippen LogP contribution < -0.4 is 10.9 Å².